The first-order valence-electron chi connectivity index (χ1n) is 5.52. The van der Waals surface area contributed by atoms with Crippen molar-refractivity contribution in [3.63, 3.8) is 0 Å². The maximum Gasteiger partial charge on any atom is 0.310 e. The van der Waals surface area contributed by atoms with Crippen LogP contribution < -0.4 is 0 Å². The largest absolute Gasteiger partial charge is 0.460 e. The molecule has 2 heteroatoms. The lowest BCUT2D eigenvalue weighted by Crippen LogP contribution is -2.23. The zero-order chi connectivity index (χ0) is 11.0. The molecule has 0 aliphatic rings. The molecule has 0 amide bonds. The number of carbonyl (C=O) groups is 1. The summed E-state index contributed by atoms with van der Waals surface area (Å²) in [5.74, 6) is -0.186. The second kappa shape index (κ2) is 6.86. The van der Waals surface area contributed by atoms with Crippen LogP contribution in [0.5, 0.6) is 0 Å². The maximum absolute atomic E-state index is 11.2. The van der Waals surface area contributed by atoms with Gasteiger partial charge in [0.25, 0.3) is 0 Å². The molecular weight excluding hydrogens is 176 g/mol. The molecule has 0 rings (SSSR count). The van der Waals surface area contributed by atoms with E-state index in [0.29, 0.717) is 0 Å². The van der Waals surface area contributed by atoms with Gasteiger partial charge in [-0.05, 0) is 27.2 Å². The smallest absolute Gasteiger partial charge is 0.310 e. The molecule has 0 aromatic carbocycles. The zero-order valence-electron chi connectivity index (χ0n) is 9.93. The van der Waals surface area contributed by atoms with Crippen molar-refractivity contribution < 1.29 is 9.53 Å². The Balaban J connectivity index is 3.36. The first-order valence-corrected chi connectivity index (χ1v) is 5.52. The second-order valence-electron chi connectivity index (χ2n) is 4.59. The number of unbranched alkanes of at least 4 members (excludes halogenated alkanes) is 4. The summed E-state index contributed by atoms with van der Waals surface area (Å²) in [7, 11) is 0. The average Bonchev–Trinajstić information content (AvgIpc) is 2.00. The summed E-state index contributed by atoms with van der Waals surface area (Å²) in [5, 5.41) is 0. The normalized spacial score (nSPS) is 11.4. The van der Waals surface area contributed by atoms with E-state index in [1.165, 1.54) is 19.3 Å². The van der Waals surface area contributed by atoms with E-state index in [0.717, 1.165) is 12.8 Å². The standard InChI is InChI=1S/C12H23O2/c1-5-6-7-8-9-10-11(13)14-12(2,3)4/h10H,5-9H2,1-4H3. The Bertz CT molecular complexity index is 156. The summed E-state index contributed by atoms with van der Waals surface area (Å²) in [6, 6.07) is 0. The summed E-state index contributed by atoms with van der Waals surface area (Å²) in [6.07, 6.45) is 7.27. The van der Waals surface area contributed by atoms with Crippen molar-refractivity contribution in [2.45, 2.75) is 65.4 Å². The fraction of sp³-hybridized carbons (Fsp3) is 0.833. The van der Waals surface area contributed by atoms with Gasteiger partial charge in [0.15, 0.2) is 0 Å². The molecule has 2 nitrogen and oxygen atoms in total. The molecule has 0 bridgehead atoms. The van der Waals surface area contributed by atoms with Crippen molar-refractivity contribution in [3.8, 4) is 0 Å². The summed E-state index contributed by atoms with van der Waals surface area (Å²) >= 11 is 0. The van der Waals surface area contributed by atoms with Crippen molar-refractivity contribution in [2.75, 3.05) is 0 Å². The third-order valence-corrected chi connectivity index (χ3v) is 1.78. The Morgan fingerprint density at radius 3 is 2.36 bits per heavy atom. The van der Waals surface area contributed by atoms with Gasteiger partial charge in [0.2, 0.25) is 0 Å². The third kappa shape index (κ3) is 9.56. The maximum atomic E-state index is 11.2. The van der Waals surface area contributed by atoms with Gasteiger partial charge < -0.3 is 4.74 Å². The van der Waals surface area contributed by atoms with E-state index in [4.69, 9.17) is 4.74 Å². The van der Waals surface area contributed by atoms with Crippen LogP contribution in [-0.4, -0.2) is 11.6 Å². The molecule has 0 saturated heterocycles. The highest BCUT2D eigenvalue weighted by Gasteiger charge is 2.15. The van der Waals surface area contributed by atoms with Gasteiger partial charge in [0.05, 0.1) is 6.42 Å². The van der Waals surface area contributed by atoms with Crippen LogP contribution in [0.3, 0.4) is 0 Å². The molecule has 0 aliphatic carbocycles. The van der Waals surface area contributed by atoms with E-state index < -0.39 is 0 Å². The molecule has 83 valence electrons. The highest BCUT2D eigenvalue weighted by molar-refractivity contribution is 5.79. The molecule has 0 aliphatic heterocycles. The van der Waals surface area contributed by atoms with Gasteiger partial charge in [-0.25, -0.2) is 0 Å². The number of rotatable bonds is 6. The van der Waals surface area contributed by atoms with Crippen molar-refractivity contribution >= 4 is 5.97 Å². The Morgan fingerprint density at radius 1 is 1.21 bits per heavy atom. The summed E-state index contributed by atoms with van der Waals surface area (Å²) in [4.78, 5) is 11.2. The first-order chi connectivity index (χ1) is 6.45. The van der Waals surface area contributed by atoms with E-state index in [2.05, 4.69) is 6.92 Å². The highest BCUT2D eigenvalue weighted by atomic mass is 16.6. The highest BCUT2D eigenvalue weighted by Crippen LogP contribution is 2.10. The fourth-order valence-corrected chi connectivity index (χ4v) is 1.13. The lowest BCUT2D eigenvalue weighted by atomic mass is 10.1. The minimum atomic E-state index is -0.364. The number of esters is 1. The van der Waals surface area contributed by atoms with E-state index in [9.17, 15) is 4.79 Å². The molecule has 0 saturated carbocycles. The zero-order valence-corrected chi connectivity index (χ0v) is 9.93. The molecule has 14 heavy (non-hydrogen) atoms. The molecule has 0 spiro atoms. The van der Waals surface area contributed by atoms with Gasteiger partial charge in [-0.3, -0.25) is 4.79 Å². The monoisotopic (exact) mass is 199 g/mol. The van der Waals surface area contributed by atoms with Crippen LogP contribution in [0.4, 0.5) is 0 Å². The molecule has 0 heterocycles. The summed E-state index contributed by atoms with van der Waals surface area (Å²) in [6.45, 7) is 7.83. The molecule has 0 N–H and O–H groups in total. The minimum absolute atomic E-state index is 0.186. The lowest BCUT2D eigenvalue weighted by molar-refractivity contribution is -0.150. The average molecular weight is 199 g/mol. The second-order valence-corrected chi connectivity index (χ2v) is 4.59. The Morgan fingerprint density at radius 2 is 1.86 bits per heavy atom. The predicted octanol–water partition coefficient (Wildman–Crippen LogP) is 3.50. The van der Waals surface area contributed by atoms with Crippen molar-refractivity contribution in [1.29, 1.82) is 0 Å². The van der Waals surface area contributed by atoms with Crippen LogP contribution in [-0.2, 0) is 9.53 Å². The van der Waals surface area contributed by atoms with Crippen LogP contribution in [0.15, 0.2) is 0 Å². The van der Waals surface area contributed by atoms with Crippen molar-refractivity contribution in [2.24, 2.45) is 0 Å². The molecule has 0 fully saturated rings. The van der Waals surface area contributed by atoms with E-state index >= 15 is 0 Å². The van der Waals surface area contributed by atoms with Gasteiger partial charge >= 0.3 is 5.97 Å². The van der Waals surface area contributed by atoms with E-state index in [1.807, 2.05) is 20.8 Å². The summed E-state index contributed by atoms with van der Waals surface area (Å²) < 4.78 is 5.15. The van der Waals surface area contributed by atoms with Crippen LogP contribution in [0, 0.1) is 6.42 Å². The molecule has 0 atom stereocenters. The van der Waals surface area contributed by atoms with Crippen LogP contribution in [0.1, 0.15) is 59.8 Å². The molecular formula is C12H23O2. The number of carbonyl (C=O) groups excluding carboxylic acids is 1. The van der Waals surface area contributed by atoms with Crippen LogP contribution in [0.2, 0.25) is 0 Å². The molecule has 0 unspecified atom stereocenters. The SMILES string of the molecule is CCCCCC[CH]C(=O)OC(C)(C)C. The van der Waals surface area contributed by atoms with Gasteiger partial charge in [0.1, 0.15) is 5.60 Å². The van der Waals surface area contributed by atoms with Gasteiger partial charge in [-0.15, -0.1) is 0 Å². The van der Waals surface area contributed by atoms with E-state index in [1.54, 1.807) is 6.42 Å². The third-order valence-electron chi connectivity index (χ3n) is 1.78. The Kier molecular flexibility index (Phi) is 6.60. The lowest BCUT2D eigenvalue weighted by Gasteiger charge is -2.19. The van der Waals surface area contributed by atoms with Crippen molar-refractivity contribution in [1.82, 2.24) is 0 Å². The summed E-state index contributed by atoms with van der Waals surface area (Å²) in [5.41, 5.74) is -0.364. The topological polar surface area (TPSA) is 26.3 Å². The Labute approximate surface area is 88.0 Å². The predicted molar refractivity (Wildman–Crippen MR) is 58.9 cm³/mol. The van der Waals surface area contributed by atoms with E-state index in [-0.39, 0.29) is 11.6 Å². The van der Waals surface area contributed by atoms with Gasteiger partial charge in [-0.2, -0.15) is 0 Å². The number of ether oxygens (including phenoxy) is 1. The van der Waals surface area contributed by atoms with Crippen LogP contribution in [0.25, 0.3) is 0 Å². The molecule has 1 radical (unpaired) electrons. The van der Waals surface area contributed by atoms with Gasteiger partial charge in [-0.1, -0.05) is 32.6 Å². The van der Waals surface area contributed by atoms with Crippen molar-refractivity contribution in [3.05, 3.63) is 6.42 Å². The minimum Gasteiger partial charge on any atom is -0.460 e. The number of hydrogen-bond donors (Lipinski definition) is 0. The Hall–Kier alpha value is -0.530. The van der Waals surface area contributed by atoms with Gasteiger partial charge in [0, 0.05) is 0 Å². The quantitative estimate of drug-likeness (QED) is 0.483. The molecule has 0 aromatic heterocycles. The first kappa shape index (κ1) is 13.5. The fourth-order valence-electron chi connectivity index (χ4n) is 1.13. The van der Waals surface area contributed by atoms with Crippen LogP contribution >= 0.6 is 0 Å². The number of hydrogen-bond acceptors (Lipinski definition) is 2. The molecule has 0 aromatic rings.